The molecule has 3 rings (SSSR count). The number of hydrogen-bond donors (Lipinski definition) is 0. The van der Waals surface area contributed by atoms with Crippen LogP contribution in [0, 0.1) is 0 Å². The van der Waals surface area contributed by atoms with Crippen LogP contribution in [-0.2, 0) is 21.4 Å². The van der Waals surface area contributed by atoms with Crippen molar-refractivity contribution in [3.8, 4) is 17.1 Å². The van der Waals surface area contributed by atoms with Gasteiger partial charge in [-0.25, -0.2) is 8.42 Å². The summed E-state index contributed by atoms with van der Waals surface area (Å²) in [5, 5.41) is 4.49. The first-order chi connectivity index (χ1) is 14.7. The number of carbonyl (C=O) groups excluding carboxylic acids is 1. The number of methoxy groups -OCH3 is 1. The van der Waals surface area contributed by atoms with Gasteiger partial charge < -0.3 is 14.2 Å². The Labute approximate surface area is 185 Å². The number of benzene rings is 2. The molecule has 31 heavy (non-hydrogen) atoms. The number of ether oxygens (including phenoxy) is 1. The average Bonchev–Trinajstić information content (AvgIpc) is 3.22. The third-order valence-corrected chi connectivity index (χ3v) is 6.56. The van der Waals surface area contributed by atoms with Crippen molar-refractivity contribution in [2.24, 2.45) is 0 Å². The molecule has 0 atom stereocenters. The molecule has 2 aromatic carbocycles. The lowest BCUT2D eigenvalue weighted by molar-refractivity contribution is -0.130. The van der Waals surface area contributed by atoms with Gasteiger partial charge >= 0.3 is 0 Å². The van der Waals surface area contributed by atoms with Crippen LogP contribution in [0.4, 0.5) is 0 Å². The zero-order valence-electron chi connectivity index (χ0n) is 17.1. The van der Waals surface area contributed by atoms with E-state index in [-0.39, 0.29) is 23.9 Å². The molecule has 0 fully saturated rings. The van der Waals surface area contributed by atoms with Crippen molar-refractivity contribution in [2.45, 2.75) is 11.4 Å². The van der Waals surface area contributed by atoms with Crippen LogP contribution in [0.25, 0.3) is 11.4 Å². The van der Waals surface area contributed by atoms with Gasteiger partial charge in [-0.15, -0.1) is 0 Å². The highest BCUT2D eigenvalue weighted by molar-refractivity contribution is 7.89. The van der Waals surface area contributed by atoms with Crippen LogP contribution < -0.4 is 4.74 Å². The summed E-state index contributed by atoms with van der Waals surface area (Å²) in [6.07, 6.45) is 0. The SMILES string of the molecule is COc1ccc(S(=O)(=O)N(C)CC(=O)N(C)Cc2nc(-c3ccc(Cl)cc3)no2)cc1. The molecule has 0 spiro atoms. The van der Waals surface area contributed by atoms with Crippen molar-refractivity contribution >= 4 is 27.5 Å². The molecular formula is C20H21ClN4O5S. The molecule has 1 amide bonds. The number of sulfonamides is 1. The number of rotatable bonds is 8. The molecular weight excluding hydrogens is 444 g/mol. The van der Waals surface area contributed by atoms with Crippen LogP contribution >= 0.6 is 11.6 Å². The standard InChI is InChI=1S/C20H21ClN4O5S/c1-24(12-18-22-20(23-30-18)14-4-6-15(21)7-5-14)19(26)13-25(2)31(27,28)17-10-8-16(29-3)9-11-17/h4-11H,12-13H2,1-3H3. The Morgan fingerprint density at radius 2 is 1.74 bits per heavy atom. The normalized spacial score (nSPS) is 11.5. The van der Waals surface area contributed by atoms with Gasteiger partial charge in [0.1, 0.15) is 5.75 Å². The fourth-order valence-corrected chi connectivity index (χ4v) is 3.90. The number of amides is 1. The molecule has 0 bridgehead atoms. The van der Waals surface area contributed by atoms with Gasteiger partial charge in [-0.1, -0.05) is 16.8 Å². The predicted molar refractivity (Wildman–Crippen MR) is 114 cm³/mol. The Morgan fingerprint density at radius 1 is 1.10 bits per heavy atom. The highest BCUT2D eigenvalue weighted by Crippen LogP contribution is 2.20. The highest BCUT2D eigenvalue weighted by atomic mass is 35.5. The lowest BCUT2D eigenvalue weighted by atomic mass is 10.2. The Bertz CT molecular complexity index is 1150. The average molecular weight is 465 g/mol. The predicted octanol–water partition coefficient (Wildman–Crippen LogP) is 2.68. The smallest absolute Gasteiger partial charge is 0.246 e. The van der Waals surface area contributed by atoms with Crippen LogP contribution in [-0.4, -0.2) is 61.4 Å². The fraction of sp³-hybridized carbons (Fsp3) is 0.250. The molecule has 0 saturated heterocycles. The van der Waals surface area contributed by atoms with E-state index in [2.05, 4.69) is 10.1 Å². The van der Waals surface area contributed by atoms with Crippen LogP contribution in [0.3, 0.4) is 0 Å². The molecule has 0 saturated carbocycles. The Morgan fingerprint density at radius 3 is 2.35 bits per heavy atom. The summed E-state index contributed by atoms with van der Waals surface area (Å²) in [5.74, 6) is 0.703. The van der Waals surface area contributed by atoms with E-state index in [1.165, 1.54) is 38.2 Å². The summed E-state index contributed by atoms with van der Waals surface area (Å²) in [5.41, 5.74) is 0.721. The molecule has 0 N–H and O–H groups in total. The number of hydrogen-bond acceptors (Lipinski definition) is 7. The Hall–Kier alpha value is -2.95. The molecule has 3 aromatic rings. The van der Waals surface area contributed by atoms with Crippen molar-refractivity contribution in [1.29, 1.82) is 0 Å². The Kier molecular flexibility index (Phi) is 6.94. The molecule has 1 aromatic heterocycles. The van der Waals surface area contributed by atoms with Crippen LogP contribution in [0.5, 0.6) is 5.75 Å². The third kappa shape index (κ3) is 5.40. The van der Waals surface area contributed by atoms with Crippen molar-refractivity contribution in [3.63, 3.8) is 0 Å². The minimum atomic E-state index is -3.83. The molecule has 1 heterocycles. The first-order valence-corrected chi connectivity index (χ1v) is 11.0. The zero-order chi connectivity index (χ0) is 22.6. The van der Waals surface area contributed by atoms with E-state index in [1.54, 1.807) is 36.4 Å². The molecule has 11 heteroatoms. The van der Waals surface area contributed by atoms with E-state index in [0.717, 1.165) is 9.87 Å². The summed E-state index contributed by atoms with van der Waals surface area (Å²) in [6, 6.07) is 12.9. The van der Waals surface area contributed by atoms with Crippen molar-refractivity contribution in [2.75, 3.05) is 27.7 Å². The van der Waals surface area contributed by atoms with Gasteiger partial charge in [0.2, 0.25) is 27.6 Å². The van der Waals surface area contributed by atoms with Gasteiger partial charge in [0.25, 0.3) is 0 Å². The molecule has 0 radical (unpaired) electrons. The van der Waals surface area contributed by atoms with E-state index in [0.29, 0.717) is 16.6 Å². The molecule has 0 aliphatic rings. The largest absolute Gasteiger partial charge is 0.497 e. The van der Waals surface area contributed by atoms with Crippen LogP contribution in [0.2, 0.25) is 5.02 Å². The summed E-state index contributed by atoms with van der Waals surface area (Å²) in [7, 11) is 0.533. The molecule has 9 nitrogen and oxygen atoms in total. The third-order valence-electron chi connectivity index (χ3n) is 4.49. The van der Waals surface area contributed by atoms with E-state index in [9.17, 15) is 13.2 Å². The van der Waals surface area contributed by atoms with Crippen LogP contribution in [0.15, 0.2) is 57.9 Å². The quantitative estimate of drug-likeness (QED) is 0.504. The minimum Gasteiger partial charge on any atom is -0.497 e. The van der Waals surface area contributed by atoms with Gasteiger partial charge in [-0.2, -0.15) is 9.29 Å². The summed E-state index contributed by atoms with van der Waals surface area (Å²) in [6.45, 7) is -0.307. The maximum atomic E-state index is 12.7. The van der Waals surface area contributed by atoms with Crippen LogP contribution in [0.1, 0.15) is 5.89 Å². The number of carbonyl (C=O) groups is 1. The number of halogens is 1. The van der Waals surface area contributed by atoms with Crippen molar-refractivity contribution in [3.05, 3.63) is 59.4 Å². The Balaban J connectivity index is 1.62. The van der Waals surface area contributed by atoms with Crippen molar-refractivity contribution < 1.29 is 22.5 Å². The number of aromatic nitrogens is 2. The molecule has 164 valence electrons. The lowest BCUT2D eigenvalue weighted by Gasteiger charge is -2.20. The number of nitrogens with zero attached hydrogens (tertiary/aromatic N) is 4. The van der Waals surface area contributed by atoms with Crippen molar-refractivity contribution in [1.82, 2.24) is 19.3 Å². The maximum absolute atomic E-state index is 12.7. The minimum absolute atomic E-state index is 0.0375. The first kappa shape index (κ1) is 22.7. The molecule has 0 unspecified atom stereocenters. The molecule has 0 aliphatic carbocycles. The zero-order valence-corrected chi connectivity index (χ0v) is 18.7. The fourth-order valence-electron chi connectivity index (χ4n) is 2.65. The first-order valence-electron chi connectivity index (χ1n) is 9.13. The summed E-state index contributed by atoms with van der Waals surface area (Å²) >= 11 is 5.87. The second kappa shape index (κ2) is 9.46. The van der Waals surface area contributed by atoms with Gasteiger partial charge in [0.05, 0.1) is 25.1 Å². The topological polar surface area (TPSA) is 106 Å². The maximum Gasteiger partial charge on any atom is 0.246 e. The van der Waals surface area contributed by atoms with E-state index in [1.807, 2.05) is 0 Å². The summed E-state index contributed by atoms with van der Waals surface area (Å²) in [4.78, 5) is 18.2. The lowest BCUT2D eigenvalue weighted by Crippen LogP contribution is -2.39. The second-order valence-electron chi connectivity index (χ2n) is 6.71. The summed E-state index contributed by atoms with van der Waals surface area (Å²) < 4.78 is 36.6. The van der Waals surface area contributed by atoms with E-state index < -0.39 is 15.9 Å². The van der Waals surface area contributed by atoms with E-state index in [4.69, 9.17) is 20.9 Å². The highest BCUT2D eigenvalue weighted by Gasteiger charge is 2.25. The second-order valence-corrected chi connectivity index (χ2v) is 9.19. The van der Waals surface area contributed by atoms with Gasteiger partial charge in [-0.3, -0.25) is 4.79 Å². The monoisotopic (exact) mass is 464 g/mol. The molecule has 0 aliphatic heterocycles. The van der Waals surface area contributed by atoms with Gasteiger partial charge in [0.15, 0.2) is 0 Å². The number of likely N-dealkylation sites (N-methyl/N-ethyl adjacent to an activating group) is 2. The van der Waals surface area contributed by atoms with Gasteiger partial charge in [-0.05, 0) is 48.5 Å². The van der Waals surface area contributed by atoms with Gasteiger partial charge in [0, 0.05) is 24.7 Å². The van der Waals surface area contributed by atoms with E-state index >= 15 is 0 Å².